The van der Waals surface area contributed by atoms with Gasteiger partial charge in [0.1, 0.15) is 0 Å². The highest BCUT2D eigenvalue weighted by atomic mass is 32.2. The average molecular weight is 407 g/mol. The second-order valence-electron chi connectivity index (χ2n) is 7.12. The van der Waals surface area contributed by atoms with E-state index in [0.29, 0.717) is 25.2 Å². The maximum absolute atomic E-state index is 13.3. The zero-order valence-electron chi connectivity index (χ0n) is 17.5. The lowest BCUT2D eigenvalue weighted by atomic mass is 10.1. The largest absolute Gasteiger partial charge is 0.332 e. The van der Waals surface area contributed by atoms with Gasteiger partial charge in [0.05, 0.1) is 11.1 Å². The lowest BCUT2D eigenvalue weighted by molar-refractivity contribution is 0.0689. The van der Waals surface area contributed by atoms with Gasteiger partial charge in [0, 0.05) is 50.0 Å². The molecule has 0 fully saturated rings. The van der Waals surface area contributed by atoms with E-state index in [-0.39, 0.29) is 16.8 Å². The van der Waals surface area contributed by atoms with Crippen LogP contribution >= 0.6 is 0 Å². The predicted molar refractivity (Wildman–Crippen MR) is 110 cm³/mol. The van der Waals surface area contributed by atoms with Gasteiger partial charge in [0.2, 0.25) is 10.0 Å². The summed E-state index contributed by atoms with van der Waals surface area (Å²) in [6.07, 6.45) is 3.60. The first-order chi connectivity index (χ1) is 13.1. The molecule has 0 atom stereocenters. The SMILES string of the molecule is CCN(CC)S(=O)(=O)c1ccc(C)c(C(=O)N(Cc2cnn(C)c2)C(C)C)c1. The number of sulfonamides is 1. The van der Waals surface area contributed by atoms with Crippen LogP contribution in [-0.4, -0.2) is 52.4 Å². The molecule has 0 saturated heterocycles. The molecule has 154 valence electrons. The van der Waals surface area contributed by atoms with Crippen molar-refractivity contribution in [3.8, 4) is 0 Å². The maximum atomic E-state index is 13.3. The Morgan fingerprint density at radius 1 is 1.21 bits per heavy atom. The van der Waals surface area contributed by atoms with E-state index in [0.717, 1.165) is 11.1 Å². The van der Waals surface area contributed by atoms with E-state index >= 15 is 0 Å². The van der Waals surface area contributed by atoms with Gasteiger partial charge in [-0.15, -0.1) is 0 Å². The quantitative estimate of drug-likeness (QED) is 0.676. The van der Waals surface area contributed by atoms with Crippen molar-refractivity contribution >= 4 is 15.9 Å². The Hall–Kier alpha value is -2.19. The van der Waals surface area contributed by atoms with Crippen molar-refractivity contribution in [1.82, 2.24) is 19.0 Å². The van der Waals surface area contributed by atoms with Crippen LogP contribution in [0.5, 0.6) is 0 Å². The minimum absolute atomic E-state index is 0.0462. The van der Waals surface area contributed by atoms with Crippen molar-refractivity contribution < 1.29 is 13.2 Å². The van der Waals surface area contributed by atoms with E-state index in [4.69, 9.17) is 0 Å². The molecule has 0 bridgehead atoms. The highest BCUT2D eigenvalue weighted by molar-refractivity contribution is 7.89. The van der Waals surface area contributed by atoms with Crippen LogP contribution in [0.3, 0.4) is 0 Å². The zero-order chi connectivity index (χ0) is 21.1. The smallest absolute Gasteiger partial charge is 0.254 e. The van der Waals surface area contributed by atoms with E-state index < -0.39 is 10.0 Å². The molecule has 0 radical (unpaired) electrons. The predicted octanol–water partition coefficient (Wildman–Crippen LogP) is 2.81. The van der Waals surface area contributed by atoms with Gasteiger partial charge in [-0.25, -0.2) is 8.42 Å². The highest BCUT2D eigenvalue weighted by Crippen LogP contribution is 2.22. The number of rotatable bonds is 8. The molecule has 0 N–H and O–H groups in total. The maximum Gasteiger partial charge on any atom is 0.254 e. The summed E-state index contributed by atoms with van der Waals surface area (Å²) in [5, 5.41) is 4.16. The van der Waals surface area contributed by atoms with Crippen LogP contribution in [0, 0.1) is 6.92 Å². The fourth-order valence-corrected chi connectivity index (χ4v) is 4.58. The minimum Gasteiger partial charge on any atom is -0.332 e. The highest BCUT2D eigenvalue weighted by Gasteiger charge is 2.26. The van der Waals surface area contributed by atoms with Crippen molar-refractivity contribution in [3.05, 3.63) is 47.3 Å². The van der Waals surface area contributed by atoms with E-state index in [1.54, 1.807) is 41.8 Å². The lowest BCUT2D eigenvalue weighted by Crippen LogP contribution is -2.37. The summed E-state index contributed by atoms with van der Waals surface area (Å²) < 4.78 is 28.8. The van der Waals surface area contributed by atoms with Crippen LogP contribution in [-0.2, 0) is 23.6 Å². The van der Waals surface area contributed by atoms with Crippen LogP contribution in [0.1, 0.15) is 49.2 Å². The van der Waals surface area contributed by atoms with Gasteiger partial charge in [-0.3, -0.25) is 9.48 Å². The molecule has 1 aromatic heterocycles. The molecule has 0 spiro atoms. The average Bonchev–Trinajstić information content (AvgIpc) is 3.05. The summed E-state index contributed by atoms with van der Waals surface area (Å²) >= 11 is 0. The number of carbonyl (C=O) groups excluding carboxylic acids is 1. The molecule has 2 aromatic rings. The third-order valence-electron chi connectivity index (χ3n) is 4.78. The van der Waals surface area contributed by atoms with Crippen LogP contribution in [0.15, 0.2) is 35.5 Å². The van der Waals surface area contributed by atoms with Crippen molar-refractivity contribution in [2.75, 3.05) is 13.1 Å². The standard InChI is InChI=1S/C20H30N4O3S/c1-7-23(8-2)28(26,27)18-10-9-16(5)19(11-18)20(25)24(15(3)4)14-17-12-21-22(6)13-17/h9-13,15H,7-8,14H2,1-6H3. The molecule has 8 heteroatoms. The molecule has 0 aliphatic carbocycles. The van der Waals surface area contributed by atoms with E-state index in [1.165, 1.54) is 10.4 Å². The van der Waals surface area contributed by atoms with E-state index in [9.17, 15) is 13.2 Å². The molecule has 0 aliphatic heterocycles. The molecule has 1 aromatic carbocycles. The van der Waals surface area contributed by atoms with E-state index in [2.05, 4.69) is 5.10 Å². The number of hydrogen-bond acceptors (Lipinski definition) is 4. The molecule has 2 rings (SSSR count). The molecule has 1 amide bonds. The number of aromatic nitrogens is 2. The summed E-state index contributed by atoms with van der Waals surface area (Å²) in [6, 6.07) is 4.73. The Labute approximate surface area is 168 Å². The summed E-state index contributed by atoms with van der Waals surface area (Å²) in [5.74, 6) is -0.187. The van der Waals surface area contributed by atoms with Gasteiger partial charge in [-0.1, -0.05) is 19.9 Å². The Morgan fingerprint density at radius 2 is 1.86 bits per heavy atom. The van der Waals surface area contributed by atoms with Crippen molar-refractivity contribution in [2.24, 2.45) is 7.05 Å². The van der Waals surface area contributed by atoms with Gasteiger partial charge in [0.15, 0.2) is 0 Å². The minimum atomic E-state index is -3.63. The lowest BCUT2D eigenvalue weighted by Gasteiger charge is -2.27. The van der Waals surface area contributed by atoms with Gasteiger partial charge in [-0.05, 0) is 38.5 Å². The van der Waals surface area contributed by atoms with Gasteiger partial charge >= 0.3 is 0 Å². The molecule has 0 saturated carbocycles. The Balaban J connectivity index is 2.43. The summed E-state index contributed by atoms with van der Waals surface area (Å²) in [7, 11) is -1.80. The Morgan fingerprint density at radius 3 is 2.36 bits per heavy atom. The van der Waals surface area contributed by atoms with Crippen LogP contribution in [0.25, 0.3) is 0 Å². The second-order valence-corrected chi connectivity index (χ2v) is 9.05. The number of hydrogen-bond donors (Lipinski definition) is 0. The van der Waals surface area contributed by atoms with Gasteiger partial charge in [-0.2, -0.15) is 9.40 Å². The summed E-state index contributed by atoms with van der Waals surface area (Å²) in [4.78, 5) is 15.2. The number of carbonyl (C=O) groups is 1. The van der Waals surface area contributed by atoms with Crippen LogP contribution < -0.4 is 0 Å². The topological polar surface area (TPSA) is 75.5 Å². The fourth-order valence-electron chi connectivity index (χ4n) is 3.10. The summed E-state index contributed by atoms with van der Waals surface area (Å²) in [6.45, 7) is 10.5. The van der Waals surface area contributed by atoms with Gasteiger partial charge < -0.3 is 4.90 Å². The monoisotopic (exact) mass is 406 g/mol. The first-order valence-electron chi connectivity index (χ1n) is 9.51. The first-order valence-corrected chi connectivity index (χ1v) is 10.9. The number of aryl methyl sites for hydroxylation is 2. The van der Waals surface area contributed by atoms with E-state index in [1.807, 2.05) is 34.0 Å². The van der Waals surface area contributed by atoms with Crippen LogP contribution in [0.2, 0.25) is 0 Å². The van der Waals surface area contributed by atoms with Gasteiger partial charge in [0.25, 0.3) is 5.91 Å². The normalized spacial score (nSPS) is 12.0. The first kappa shape index (κ1) is 22.1. The van der Waals surface area contributed by atoms with Crippen molar-refractivity contribution in [3.63, 3.8) is 0 Å². The molecular formula is C20H30N4O3S. The third kappa shape index (κ3) is 4.62. The number of amides is 1. The molecule has 0 unspecified atom stereocenters. The summed E-state index contributed by atoms with van der Waals surface area (Å²) in [5.41, 5.74) is 2.08. The molecule has 7 nitrogen and oxygen atoms in total. The third-order valence-corrected chi connectivity index (χ3v) is 6.82. The Kier molecular flexibility index (Phi) is 7.01. The number of nitrogens with zero attached hydrogens (tertiary/aromatic N) is 4. The van der Waals surface area contributed by atoms with Crippen LogP contribution in [0.4, 0.5) is 0 Å². The van der Waals surface area contributed by atoms with Crippen molar-refractivity contribution in [1.29, 1.82) is 0 Å². The molecular weight excluding hydrogens is 376 g/mol. The van der Waals surface area contributed by atoms with Crippen molar-refractivity contribution in [2.45, 2.75) is 52.1 Å². The molecule has 0 aliphatic rings. The Bertz CT molecular complexity index is 931. The molecule has 28 heavy (non-hydrogen) atoms. The fraction of sp³-hybridized carbons (Fsp3) is 0.500. The second kappa shape index (κ2) is 8.87. The number of benzene rings is 1. The zero-order valence-corrected chi connectivity index (χ0v) is 18.3. The molecule has 1 heterocycles.